The van der Waals surface area contributed by atoms with Gasteiger partial charge in [0.1, 0.15) is 5.75 Å². The number of hydrogen-bond acceptors (Lipinski definition) is 3. The molecule has 0 aliphatic carbocycles. The van der Waals surface area contributed by atoms with Gasteiger partial charge in [0.25, 0.3) is 0 Å². The molecule has 0 bridgehead atoms. The Balaban J connectivity index is 2.48. The van der Waals surface area contributed by atoms with Gasteiger partial charge in [0.15, 0.2) is 0 Å². The van der Waals surface area contributed by atoms with E-state index in [1.807, 2.05) is 12.1 Å². The average Bonchev–Trinajstić information content (AvgIpc) is 2.39. The van der Waals surface area contributed by atoms with E-state index in [0.29, 0.717) is 17.8 Å². The molecule has 0 heterocycles. The lowest BCUT2D eigenvalue weighted by atomic mass is 10.0. The van der Waals surface area contributed by atoms with E-state index in [-0.39, 0.29) is 0 Å². The van der Waals surface area contributed by atoms with E-state index in [2.05, 4.69) is 25.7 Å². The molecule has 2 unspecified atom stereocenters. The van der Waals surface area contributed by atoms with Gasteiger partial charge >= 0.3 is 0 Å². The van der Waals surface area contributed by atoms with Crippen LogP contribution in [0.1, 0.15) is 32.8 Å². The van der Waals surface area contributed by atoms with Crippen molar-refractivity contribution in [1.29, 1.82) is 0 Å². The van der Waals surface area contributed by atoms with E-state index in [0.717, 1.165) is 26.0 Å². The molecule has 2 atom stereocenters. The van der Waals surface area contributed by atoms with Gasteiger partial charge in [-0.15, -0.1) is 0 Å². The second-order valence-electron chi connectivity index (χ2n) is 5.19. The maximum absolute atomic E-state index is 9.27. The number of ether oxygens (including phenoxy) is 1. The molecule has 1 aromatic rings. The van der Waals surface area contributed by atoms with Gasteiger partial charge in [-0.05, 0) is 50.9 Å². The van der Waals surface area contributed by atoms with Crippen molar-refractivity contribution in [2.75, 3.05) is 20.3 Å². The molecule has 0 saturated heterocycles. The van der Waals surface area contributed by atoms with Gasteiger partial charge in [-0.2, -0.15) is 0 Å². The fraction of sp³-hybridized carbons (Fsp3) is 0.625. The number of methoxy groups -OCH3 is 1. The lowest BCUT2D eigenvalue weighted by Gasteiger charge is -2.33. The van der Waals surface area contributed by atoms with Crippen molar-refractivity contribution in [3.63, 3.8) is 0 Å². The number of benzene rings is 1. The third-order valence-electron chi connectivity index (χ3n) is 3.69. The zero-order valence-corrected chi connectivity index (χ0v) is 12.6. The first-order valence-corrected chi connectivity index (χ1v) is 7.11. The van der Waals surface area contributed by atoms with E-state index in [1.54, 1.807) is 19.2 Å². The summed E-state index contributed by atoms with van der Waals surface area (Å²) in [6, 6.07) is 8.48. The smallest absolute Gasteiger partial charge is 0.115 e. The van der Waals surface area contributed by atoms with Crippen molar-refractivity contribution in [1.82, 2.24) is 4.90 Å². The molecule has 1 aromatic carbocycles. The van der Waals surface area contributed by atoms with Crippen molar-refractivity contribution in [2.45, 2.75) is 45.7 Å². The van der Waals surface area contributed by atoms with Crippen LogP contribution >= 0.6 is 0 Å². The highest BCUT2D eigenvalue weighted by Crippen LogP contribution is 2.15. The Bertz CT molecular complexity index is 350. The molecule has 0 aliphatic rings. The van der Waals surface area contributed by atoms with E-state index < -0.39 is 0 Å². The number of phenols is 1. The Hall–Kier alpha value is -1.06. The third kappa shape index (κ3) is 5.21. The van der Waals surface area contributed by atoms with Crippen LogP contribution in [0.2, 0.25) is 0 Å². The molecule has 1 rings (SSSR count). The molecule has 108 valence electrons. The molecule has 1 N–H and O–H groups in total. The van der Waals surface area contributed by atoms with Crippen LogP contribution in [-0.4, -0.2) is 42.4 Å². The topological polar surface area (TPSA) is 32.7 Å². The summed E-state index contributed by atoms with van der Waals surface area (Å²) in [6.45, 7) is 8.50. The number of aromatic hydroxyl groups is 1. The quantitative estimate of drug-likeness (QED) is 0.784. The Morgan fingerprint density at radius 3 is 2.32 bits per heavy atom. The van der Waals surface area contributed by atoms with Gasteiger partial charge in [0.2, 0.25) is 0 Å². The van der Waals surface area contributed by atoms with Gasteiger partial charge in [-0.3, -0.25) is 4.90 Å². The minimum Gasteiger partial charge on any atom is -0.508 e. The van der Waals surface area contributed by atoms with Crippen LogP contribution in [0.5, 0.6) is 5.75 Å². The van der Waals surface area contributed by atoms with Crippen molar-refractivity contribution in [2.24, 2.45) is 0 Å². The summed E-state index contributed by atoms with van der Waals surface area (Å²) in [4.78, 5) is 2.48. The molecular weight excluding hydrogens is 238 g/mol. The van der Waals surface area contributed by atoms with Gasteiger partial charge < -0.3 is 9.84 Å². The van der Waals surface area contributed by atoms with Crippen molar-refractivity contribution in [3.8, 4) is 5.75 Å². The molecule has 0 saturated carbocycles. The van der Waals surface area contributed by atoms with Crippen molar-refractivity contribution < 1.29 is 9.84 Å². The number of aryl methyl sites for hydroxylation is 1. The highest BCUT2D eigenvalue weighted by Gasteiger charge is 2.18. The molecule has 0 aromatic heterocycles. The maximum atomic E-state index is 9.27. The minimum absolute atomic E-state index is 0.334. The minimum atomic E-state index is 0.334. The first kappa shape index (κ1) is 16.0. The summed E-state index contributed by atoms with van der Waals surface area (Å²) >= 11 is 0. The third-order valence-corrected chi connectivity index (χ3v) is 3.69. The highest BCUT2D eigenvalue weighted by atomic mass is 16.5. The Kier molecular flexibility index (Phi) is 6.89. The summed E-state index contributed by atoms with van der Waals surface area (Å²) in [7, 11) is 1.76. The van der Waals surface area contributed by atoms with Crippen LogP contribution < -0.4 is 0 Å². The molecular formula is C16H27NO2. The summed E-state index contributed by atoms with van der Waals surface area (Å²) in [5.74, 6) is 0.334. The first-order valence-electron chi connectivity index (χ1n) is 7.11. The molecule has 0 amide bonds. The second-order valence-corrected chi connectivity index (χ2v) is 5.19. The molecule has 0 radical (unpaired) electrons. The summed E-state index contributed by atoms with van der Waals surface area (Å²) in [6.07, 6.45) is 2.16. The number of hydrogen-bond donors (Lipinski definition) is 1. The molecule has 3 heteroatoms. The zero-order chi connectivity index (χ0) is 14.3. The second kappa shape index (κ2) is 8.18. The van der Waals surface area contributed by atoms with Crippen LogP contribution in [0.25, 0.3) is 0 Å². The summed E-state index contributed by atoms with van der Waals surface area (Å²) in [5.41, 5.74) is 1.28. The van der Waals surface area contributed by atoms with Gasteiger partial charge in [-0.25, -0.2) is 0 Å². The van der Waals surface area contributed by atoms with Crippen molar-refractivity contribution in [3.05, 3.63) is 29.8 Å². The molecule has 0 spiro atoms. The lowest BCUT2D eigenvalue weighted by molar-refractivity contribution is 0.0758. The van der Waals surface area contributed by atoms with Crippen LogP contribution in [0.4, 0.5) is 0 Å². The van der Waals surface area contributed by atoms with E-state index >= 15 is 0 Å². The number of phenolic OH excluding ortho intramolecular Hbond substituents is 1. The van der Waals surface area contributed by atoms with E-state index in [9.17, 15) is 5.11 Å². The van der Waals surface area contributed by atoms with Crippen LogP contribution in [0, 0.1) is 0 Å². The largest absolute Gasteiger partial charge is 0.508 e. The zero-order valence-electron chi connectivity index (χ0n) is 12.6. The van der Waals surface area contributed by atoms with Gasteiger partial charge in [0.05, 0.1) is 6.61 Å². The maximum Gasteiger partial charge on any atom is 0.115 e. The van der Waals surface area contributed by atoms with E-state index in [4.69, 9.17) is 4.74 Å². The Labute approximate surface area is 117 Å². The van der Waals surface area contributed by atoms with Crippen molar-refractivity contribution >= 4 is 0 Å². The predicted octanol–water partition coefficient (Wildman–Crippen LogP) is 3.07. The number of nitrogens with zero attached hydrogens (tertiary/aromatic N) is 1. The van der Waals surface area contributed by atoms with Gasteiger partial charge in [-0.1, -0.05) is 19.1 Å². The standard InChI is InChI=1S/C16H27NO2/c1-5-17(14(3)12-19-4)13(2)6-7-15-8-10-16(18)11-9-15/h8-11,13-14,18H,5-7,12H2,1-4H3. The summed E-state index contributed by atoms with van der Waals surface area (Å²) < 4.78 is 5.24. The summed E-state index contributed by atoms with van der Waals surface area (Å²) in [5, 5.41) is 9.27. The highest BCUT2D eigenvalue weighted by molar-refractivity contribution is 5.25. The SMILES string of the molecule is CCN(C(C)CCc1ccc(O)cc1)C(C)COC. The Morgan fingerprint density at radius 1 is 1.16 bits per heavy atom. The molecule has 19 heavy (non-hydrogen) atoms. The Morgan fingerprint density at radius 2 is 1.79 bits per heavy atom. The fourth-order valence-corrected chi connectivity index (χ4v) is 2.60. The van der Waals surface area contributed by atoms with E-state index in [1.165, 1.54) is 5.56 Å². The average molecular weight is 265 g/mol. The first-order chi connectivity index (χ1) is 9.08. The molecule has 3 nitrogen and oxygen atoms in total. The predicted molar refractivity (Wildman–Crippen MR) is 79.6 cm³/mol. The van der Waals surface area contributed by atoms with Crippen LogP contribution in [-0.2, 0) is 11.2 Å². The fourth-order valence-electron chi connectivity index (χ4n) is 2.60. The number of likely N-dealkylation sites (N-methyl/N-ethyl adjacent to an activating group) is 1. The molecule has 0 aliphatic heterocycles. The van der Waals surface area contributed by atoms with Crippen LogP contribution in [0.15, 0.2) is 24.3 Å². The number of rotatable bonds is 8. The lowest BCUT2D eigenvalue weighted by Crippen LogP contribution is -2.42. The van der Waals surface area contributed by atoms with Crippen LogP contribution in [0.3, 0.4) is 0 Å². The van der Waals surface area contributed by atoms with Gasteiger partial charge in [0, 0.05) is 19.2 Å². The normalized spacial score (nSPS) is 14.6. The monoisotopic (exact) mass is 265 g/mol. The molecule has 0 fully saturated rings.